The highest BCUT2D eigenvalue weighted by atomic mass is 35.5. The molecule has 3 heteroatoms. The van der Waals surface area contributed by atoms with Gasteiger partial charge in [-0.25, -0.2) is 0 Å². The van der Waals surface area contributed by atoms with E-state index < -0.39 is 0 Å². The molecule has 0 atom stereocenters. The van der Waals surface area contributed by atoms with Gasteiger partial charge in [0.05, 0.1) is 11.6 Å². The lowest BCUT2D eigenvalue weighted by Gasteiger charge is -2.09. The summed E-state index contributed by atoms with van der Waals surface area (Å²) in [6, 6.07) is 5.91. The van der Waals surface area contributed by atoms with Crippen molar-refractivity contribution in [1.29, 1.82) is 0 Å². The molecule has 2 nitrogen and oxygen atoms in total. The van der Waals surface area contributed by atoms with Crippen molar-refractivity contribution in [2.75, 3.05) is 13.2 Å². The molecule has 1 aromatic rings. The first-order valence-electron chi connectivity index (χ1n) is 6.29. The largest absolute Gasteiger partial charge is 0.491 e. The Morgan fingerprint density at radius 3 is 2.89 bits per heavy atom. The fourth-order valence-corrected chi connectivity index (χ4v) is 1.78. The van der Waals surface area contributed by atoms with Gasteiger partial charge < -0.3 is 10.1 Å². The van der Waals surface area contributed by atoms with Crippen molar-refractivity contribution in [3.63, 3.8) is 0 Å². The molecule has 0 unspecified atom stereocenters. The molecule has 0 saturated heterocycles. The van der Waals surface area contributed by atoms with E-state index >= 15 is 0 Å². The van der Waals surface area contributed by atoms with Crippen LogP contribution in [0.5, 0.6) is 5.75 Å². The molecule has 1 rings (SSSR count). The third-order valence-electron chi connectivity index (χ3n) is 2.41. The minimum atomic E-state index is 0.577. The molecule has 0 aliphatic carbocycles. The summed E-state index contributed by atoms with van der Waals surface area (Å²) >= 11 is 6.17. The SMILES string of the molecule is CC#CCCOc1ccc(CNCCC)cc1Cl. The molecule has 0 heterocycles. The van der Waals surface area contributed by atoms with Crippen LogP contribution in [0.4, 0.5) is 0 Å². The summed E-state index contributed by atoms with van der Waals surface area (Å²) in [5.74, 6) is 6.52. The van der Waals surface area contributed by atoms with Gasteiger partial charge in [0, 0.05) is 13.0 Å². The van der Waals surface area contributed by atoms with Crippen LogP contribution in [0.25, 0.3) is 0 Å². The highest BCUT2D eigenvalue weighted by molar-refractivity contribution is 6.32. The minimum Gasteiger partial charge on any atom is -0.491 e. The second-order valence-electron chi connectivity index (χ2n) is 3.97. The summed E-state index contributed by atoms with van der Waals surface area (Å²) in [5.41, 5.74) is 1.18. The Hall–Kier alpha value is -1.17. The van der Waals surface area contributed by atoms with Crippen LogP contribution in [-0.4, -0.2) is 13.2 Å². The van der Waals surface area contributed by atoms with E-state index in [1.165, 1.54) is 5.56 Å². The fraction of sp³-hybridized carbons (Fsp3) is 0.467. The van der Waals surface area contributed by atoms with Gasteiger partial charge in [0.2, 0.25) is 0 Å². The fourth-order valence-electron chi connectivity index (χ4n) is 1.52. The number of hydrogen-bond donors (Lipinski definition) is 1. The van der Waals surface area contributed by atoms with Crippen LogP contribution in [0.2, 0.25) is 5.02 Å². The van der Waals surface area contributed by atoms with E-state index in [4.69, 9.17) is 16.3 Å². The zero-order chi connectivity index (χ0) is 13.2. The zero-order valence-corrected chi connectivity index (χ0v) is 11.8. The number of nitrogens with one attached hydrogen (secondary N) is 1. The van der Waals surface area contributed by atoms with Gasteiger partial charge in [0.25, 0.3) is 0 Å². The first-order valence-corrected chi connectivity index (χ1v) is 6.67. The van der Waals surface area contributed by atoms with E-state index in [1.54, 1.807) is 0 Å². The maximum absolute atomic E-state index is 6.17. The maximum Gasteiger partial charge on any atom is 0.137 e. The molecular weight excluding hydrogens is 246 g/mol. The van der Waals surface area contributed by atoms with Gasteiger partial charge >= 0.3 is 0 Å². The molecule has 0 saturated carbocycles. The average molecular weight is 266 g/mol. The molecule has 0 aliphatic rings. The van der Waals surface area contributed by atoms with E-state index in [0.717, 1.165) is 31.7 Å². The highest BCUT2D eigenvalue weighted by Crippen LogP contribution is 2.25. The Labute approximate surface area is 115 Å². The molecule has 98 valence electrons. The van der Waals surface area contributed by atoms with Crippen molar-refractivity contribution in [3.05, 3.63) is 28.8 Å². The first-order chi connectivity index (χ1) is 8.77. The topological polar surface area (TPSA) is 21.3 Å². The number of halogens is 1. The molecule has 0 radical (unpaired) electrons. The van der Waals surface area contributed by atoms with Crippen LogP contribution < -0.4 is 10.1 Å². The Kier molecular flexibility index (Phi) is 7.32. The van der Waals surface area contributed by atoms with Crippen molar-refractivity contribution in [1.82, 2.24) is 5.32 Å². The normalized spacial score (nSPS) is 9.72. The maximum atomic E-state index is 6.17. The molecule has 1 aromatic carbocycles. The quantitative estimate of drug-likeness (QED) is 0.600. The second kappa shape index (κ2) is 8.85. The summed E-state index contributed by atoms with van der Waals surface area (Å²) in [5, 5.41) is 4.00. The predicted octanol–water partition coefficient (Wildman–Crippen LogP) is 3.63. The van der Waals surface area contributed by atoms with Gasteiger partial charge in [0.15, 0.2) is 0 Å². The van der Waals surface area contributed by atoms with Gasteiger partial charge in [0.1, 0.15) is 5.75 Å². The van der Waals surface area contributed by atoms with Crippen LogP contribution in [0.1, 0.15) is 32.3 Å². The standard InChI is InChI=1S/C15H20ClNO/c1-3-5-6-10-18-15-8-7-13(11-14(15)16)12-17-9-4-2/h7-8,11,17H,4,6,9-10,12H2,1-2H3. The van der Waals surface area contributed by atoms with E-state index in [1.807, 2.05) is 25.1 Å². The van der Waals surface area contributed by atoms with E-state index in [0.29, 0.717) is 11.6 Å². The molecule has 0 amide bonds. The van der Waals surface area contributed by atoms with Gasteiger partial charge in [-0.15, -0.1) is 11.8 Å². The summed E-state index contributed by atoms with van der Waals surface area (Å²) in [4.78, 5) is 0. The molecule has 0 aliphatic heterocycles. The number of benzene rings is 1. The lowest BCUT2D eigenvalue weighted by Crippen LogP contribution is -2.13. The molecular formula is C15H20ClNO. The second-order valence-corrected chi connectivity index (χ2v) is 4.37. The summed E-state index contributed by atoms with van der Waals surface area (Å²) in [6.45, 7) is 6.41. The average Bonchev–Trinajstić information content (AvgIpc) is 2.37. The van der Waals surface area contributed by atoms with E-state index in [2.05, 4.69) is 24.1 Å². The molecule has 1 N–H and O–H groups in total. The Bertz CT molecular complexity index is 420. The Morgan fingerprint density at radius 2 is 2.22 bits per heavy atom. The van der Waals surface area contributed by atoms with Crippen LogP contribution in [-0.2, 0) is 6.54 Å². The Morgan fingerprint density at radius 1 is 1.39 bits per heavy atom. The van der Waals surface area contributed by atoms with Gasteiger partial charge in [-0.2, -0.15) is 0 Å². The number of ether oxygens (including phenoxy) is 1. The van der Waals surface area contributed by atoms with Crippen molar-refractivity contribution in [3.8, 4) is 17.6 Å². The van der Waals surface area contributed by atoms with E-state index in [9.17, 15) is 0 Å². The minimum absolute atomic E-state index is 0.577. The van der Waals surface area contributed by atoms with Crippen molar-refractivity contribution in [2.24, 2.45) is 0 Å². The number of hydrogen-bond acceptors (Lipinski definition) is 2. The third-order valence-corrected chi connectivity index (χ3v) is 2.71. The lowest BCUT2D eigenvalue weighted by molar-refractivity contribution is 0.327. The smallest absolute Gasteiger partial charge is 0.137 e. The van der Waals surface area contributed by atoms with Gasteiger partial charge in [-0.05, 0) is 37.6 Å². The molecule has 0 spiro atoms. The van der Waals surface area contributed by atoms with Crippen LogP contribution in [0.15, 0.2) is 18.2 Å². The molecule has 0 bridgehead atoms. The van der Waals surface area contributed by atoms with Crippen LogP contribution in [0, 0.1) is 11.8 Å². The van der Waals surface area contributed by atoms with Crippen LogP contribution >= 0.6 is 11.6 Å². The van der Waals surface area contributed by atoms with E-state index in [-0.39, 0.29) is 0 Å². The lowest BCUT2D eigenvalue weighted by atomic mass is 10.2. The summed E-state index contributed by atoms with van der Waals surface area (Å²) < 4.78 is 5.56. The zero-order valence-electron chi connectivity index (χ0n) is 11.1. The van der Waals surface area contributed by atoms with Crippen LogP contribution in [0.3, 0.4) is 0 Å². The summed E-state index contributed by atoms with van der Waals surface area (Å²) in [7, 11) is 0. The first kappa shape index (κ1) is 14.9. The van der Waals surface area contributed by atoms with Gasteiger partial charge in [-0.1, -0.05) is 24.6 Å². The highest BCUT2D eigenvalue weighted by Gasteiger charge is 2.02. The third kappa shape index (κ3) is 5.44. The molecule has 0 aromatic heterocycles. The summed E-state index contributed by atoms with van der Waals surface area (Å²) in [6.07, 6.45) is 1.86. The molecule has 18 heavy (non-hydrogen) atoms. The van der Waals surface area contributed by atoms with Crippen molar-refractivity contribution >= 4 is 11.6 Å². The predicted molar refractivity (Wildman–Crippen MR) is 77.0 cm³/mol. The van der Waals surface area contributed by atoms with Gasteiger partial charge in [-0.3, -0.25) is 0 Å². The van der Waals surface area contributed by atoms with Crippen molar-refractivity contribution < 1.29 is 4.74 Å². The monoisotopic (exact) mass is 265 g/mol. The van der Waals surface area contributed by atoms with Crippen molar-refractivity contribution in [2.45, 2.75) is 33.2 Å². The number of rotatable bonds is 7. The Balaban J connectivity index is 2.47. The molecule has 0 fully saturated rings.